The second-order valence-electron chi connectivity index (χ2n) is 6.76. The van der Waals surface area contributed by atoms with E-state index in [-0.39, 0.29) is 17.6 Å². The molecule has 2 saturated heterocycles. The van der Waals surface area contributed by atoms with E-state index in [2.05, 4.69) is 4.98 Å². The van der Waals surface area contributed by atoms with Crippen molar-refractivity contribution in [3.63, 3.8) is 0 Å². The highest BCUT2D eigenvalue weighted by Crippen LogP contribution is 2.38. The van der Waals surface area contributed by atoms with Crippen LogP contribution in [0.1, 0.15) is 32.1 Å². The summed E-state index contributed by atoms with van der Waals surface area (Å²) in [5.41, 5.74) is -0.188. The zero-order valence-electron chi connectivity index (χ0n) is 12.7. The number of carbonyl (C=O) groups excluding carboxylic acids is 1. The van der Waals surface area contributed by atoms with Gasteiger partial charge in [-0.05, 0) is 31.4 Å². The van der Waals surface area contributed by atoms with Crippen LogP contribution >= 0.6 is 0 Å². The third-order valence-corrected chi connectivity index (χ3v) is 5.19. The highest BCUT2D eigenvalue weighted by atomic mass is 16.6. The molecule has 3 aliphatic rings. The zero-order valence-corrected chi connectivity index (χ0v) is 12.7. The predicted octanol–water partition coefficient (Wildman–Crippen LogP) is 2.02. The average Bonchev–Trinajstić information content (AvgIpc) is 3.06. The fourth-order valence-corrected chi connectivity index (χ4v) is 3.72. The molecule has 1 aromatic heterocycles. The summed E-state index contributed by atoms with van der Waals surface area (Å²) in [7, 11) is 0. The van der Waals surface area contributed by atoms with Crippen molar-refractivity contribution in [3.8, 4) is 5.75 Å². The Labute approximate surface area is 130 Å². The number of ether oxygens (including phenoxy) is 2. The van der Waals surface area contributed by atoms with Crippen LogP contribution in [0.15, 0.2) is 24.5 Å². The van der Waals surface area contributed by atoms with E-state index in [1.54, 1.807) is 12.4 Å². The third-order valence-electron chi connectivity index (χ3n) is 5.19. The molecule has 1 saturated carbocycles. The number of nitrogens with zero attached hydrogens (tertiary/aromatic N) is 2. The Balaban J connectivity index is 1.35. The molecule has 5 nitrogen and oxygen atoms in total. The molecule has 2 aliphatic heterocycles. The minimum atomic E-state index is -0.188. The topological polar surface area (TPSA) is 51.7 Å². The van der Waals surface area contributed by atoms with Crippen molar-refractivity contribution in [1.29, 1.82) is 0 Å². The lowest BCUT2D eigenvalue weighted by atomic mass is 9.84. The number of aromatic nitrogens is 1. The summed E-state index contributed by atoms with van der Waals surface area (Å²) in [6, 6.07) is 3.79. The van der Waals surface area contributed by atoms with Gasteiger partial charge in [-0.3, -0.25) is 9.78 Å². The molecule has 22 heavy (non-hydrogen) atoms. The molecule has 1 amide bonds. The Kier molecular flexibility index (Phi) is 3.53. The summed E-state index contributed by atoms with van der Waals surface area (Å²) in [6.07, 6.45) is 8.64. The van der Waals surface area contributed by atoms with Crippen molar-refractivity contribution in [1.82, 2.24) is 9.88 Å². The van der Waals surface area contributed by atoms with E-state index in [4.69, 9.17) is 9.47 Å². The van der Waals surface area contributed by atoms with E-state index < -0.39 is 0 Å². The molecule has 2 atom stereocenters. The molecule has 5 heteroatoms. The van der Waals surface area contributed by atoms with Crippen LogP contribution in [0, 0.1) is 5.92 Å². The van der Waals surface area contributed by atoms with Crippen LogP contribution in [-0.2, 0) is 9.53 Å². The number of hydrogen-bond acceptors (Lipinski definition) is 4. The van der Waals surface area contributed by atoms with Gasteiger partial charge in [0.1, 0.15) is 11.9 Å². The van der Waals surface area contributed by atoms with Gasteiger partial charge in [-0.25, -0.2) is 0 Å². The van der Waals surface area contributed by atoms with Crippen LogP contribution in [-0.4, -0.2) is 47.2 Å². The first-order valence-electron chi connectivity index (χ1n) is 8.24. The molecule has 0 N–H and O–H groups in total. The van der Waals surface area contributed by atoms with E-state index >= 15 is 0 Å². The van der Waals surface area contributed by atoms with Crippen molar-refractivity contribution in [2.24, 2.45) is 5.92 Å². The average molecular weight is 302 g/mol. The van der Waals surface area contributed by atoms with Crippen molar-refractivity contribution in [2.45, 2.75) is 43.8 Å². The fraction of sp³-hybridized carbons (Fsp3) is 0.647. The van der Waals surface area contributed by atoms with Crippen LogP contribution in [0.2, 0.25) is 0 Å². The van der Waals surface area contributed by atoms with Crippen molar-refractivity contribution in [2.75, 3.05) is 19.7 Å². The molecule has 1 aromatic rings. The van der Waals surface area contributed by atoms with Gasteiger partial charge in [0, 0.05) is 31.6 Å². The SMILES string of the molecule is O=C(C1CCC1)N1CC[C@@]2(C[C@H](Oc3cccnc3)CO2)C1. The minimum Gasteiger partial charge on any atom is -0.486 e. The van der Waals surface area contributed by atoms with E-state index in [1.165, 1.54) is 6.42 Å². The maximum Gasteiger partial charge on any atom is 0.225 e. The van der Waals surface area contributed by atoms with Gasteiger partial charge >= 0.3 is 0 Å². The Hall–Kier alpha value is -1.62. The summed E-state index contributed by atoms with van der Waals surface area (Å²) >= 11 is 0. The molecular formula is C17H22N2O3. The molecular weight excluding hydrogens is 280 g/mol. The van der Waals surface area contributed by atoms with Crippen LogP contribution in [0.3, 0.4) is 0 Å². The number of rotatable bonds is 3. The van der Waals surface area contributed by atoms with Gasteiger partial charge in [-0.1, -0.05) is 6.42 Å². The summed E-state index contributed by atoms with van der Waals surface area (Å²) < 4.78 is 12.0. The molecule has 0 bridgehead atoms. The molecule has 4 rings (SSSR count). The van der Waals surface area contributed by atoms with E-state index in [1.807, 2.05) is 17.0 Å². The quantitative estimate of drug-likeness (QED) is 0.857. The van der Waals surface area contributed by atoms with Gasteiger partial charge in [0.05, 0.1) is 18.4 Å². The van der Waals surface area contributed by atoms with E-state index in [9.17, 15) is 4.79 Å². The van der Waals surface area contributed by atoms with Gasteiger partial charge in [-0.15, -0.1) is 0 Å². The monoisotopic (exact) mass is 302 g/mol. The van der Waals surface area contributed by atoms with Crippen molar-refractivity contribution >= 4 is 5.91 Å². The van der Waals surface area contributed by atoms with Crippen LogP contribution in [0.4, 0.5) is 0 Å². The maximum absolute atomic E-state index is 12.4. The lowest BCUT2D eigenvalue weighted by molar-refractivity contribution is -0.138. The number of hydrogen-bond donors (Lipinski definition) is 0. The van der Waals surface area contributed by atoms with Crippen molar-refractivity contribution < 1.29 is 14.3 Å². The number of pyridine rings is 1. The Morgan fingerprint density at radius 3 is 3.09 bits per heavy atom. The number of carbonyl (C=O) groups is 1. The van der Waals surface area contributed by atoms with Gasteiger partial charge in [0.2, 0.25) is 5.91 Å². The normalized spacial score (nSPS) is 31.5. The Morgan fingerprint density at radius 1 is 1.45 bits per heavy atom. The summed E-state index contributed by atoms with van der Waals surface area (Å²) in [5.74, 6) is 1.40. The second-order valence-corrected chi connectivity index (χ2v) is 6.76. The molecule has 118 valence electrons. The summed E-state index contributed by atoms with van der Waals surface area (Å²) in [5, 5.41) is 0. The van der Waals surface area contributed by atoms with Gasteiger partial charge in [-0.2, -0.15) is 0 Å². The smallest absolute Gasteiger partial charge is 0.225 e. The minimum absolute atomic E-state index is 0.0583. The molecule has 3 fully saturated rings. The van der Waals surface area contributed by atoms with Crippen molar-refractivity contribution in [3.05, 3.63) is 24.5 Å². The highest BCUT2D eigenvalue weighted by molar-refractivity contribution is 5.80. The molecule has 1 spiro atoms. The number of amides is 1. The summed E-state index contributed by atoms with van der Waals surface area (Å²) in [6.45, 7) is 2.16. The maximum atomic E-state index is 12.4. The first-order chi connectivity index (χ1) is 10.7. The predicted molar refractivity (Wildman–Crippen MR) is 80.5 cm³/mol. The molecule has 0 radical (unpaired) electrons. The molecule has 3 heterocycles. The zero-order chi connectivity index (χ0) is 15.0. The van der Waals surface area contributed by atoms with Gasteiger partial charge in [0.15, 0.2) is 0 Å². The van der Waals surface area contributed by atoms with Crippen LogP contribution in [0.25, 0.3) is 0 Å². The first-order valence-corrected chi connectivity index (χ1v) is 8.24. The third kappa shape index (κ3) is 2.58. The summed E-state index contributed by atoms with van der Waals surface area (Å²) in [4.78, 5) is 18.4. The molecule has 1 aliphatic carbocycles. The van der Waals surface area contributed by atoms with E-state index in [0.29, 0.717) is 12.5 Å². The van der Waals surface area contributed by atoms with Gasteiger partial charge < -0.3 is 14.4 Å². The largest absolute Gasteiger partial charge is 0.486 e. The standard InChI is InChI=1S/C17H22N2O3/c20-16(13-3-1-4-13)19-8-6-17(12-19)9-15(11-21-17)22-14-5-2-7-18-10-14/h2,5,7,10,13,15H,1,3-4,6,8-9,11-12H2/t15-,17+/m0/s1. The lowest BCUT2D eigenvalue weighted by Crippen LogP contribution is -2.40. The highest BCUT2D eigenvalue weighted by Gasteiger charge is 2.48. The van der Waals surface area contributed by atoms with Crippen LogP contribution < -0.4 is 4.74 Å². The molecule has 0 unspecified atom stereocenters. The number of likely N-dealkylation sites (tertiary alicyclic amines) is 1. The lowest BCUT2D eigenvalue weighted by Gasteiger charge is -2.30. The van der Waals surface area contributed by atoms with Gasteiger partial charge in [0.25, 0.3) is 0 Å². The fourth-order valence-electron chi connectivity index (χ4n) is 3.72. The Morgan fingerprint density at radius 2 is 2.36 bits per heavy atom. The molecule has 0 aromatic carbocycles. The Bertz CT molecular complexity index is 546. The second kappa shape index (κ2) is 5.54. The van der Waals surface area contributed by atoms with E-state index in [0.717, 1.165) is 44.5 Å². The van der Waals surface area contributed by atoms with Crippen LogP contribution in [0.5, 0.6) is 5.75 Å². The first kappa shape index (κ1) is 14.0.